The molecule has 0 saturated carbocycles. The van der Waals surface area contributed by atoms with Gasteiger partial charge in [-0.25, -0.2) is 0 Å². The van der Waals surface area contributed by atoms with Gasteiger partial charge in [0.25, 0.3) is 0 Å². The van der Waals surface area contributed by atoms with E-state index in [1.165, 1.54) is 51.4 Å². The minimum atomic E-state index is -0.264. The molecule has 0 spiro atoms. The number of hydrogen-bond acceptors (Lipinski definition) is 4. The van der Waals surface area contributed by atoms with Crippen molar-refractivity contribution in [3.05, 3.63) is 21.8 Å². The molecule has 176 valence electrons. The van der Waals surface area contributed by atoms with Crippen molar-refractivity contribution in [1.82, 2.24) is 0 Å². The number of esters is 2. The number of benzene rings is 1. The predicted molar refractivity (Wildman–Crippen MR) is 136 cm³/mol. The zero-order valence-electron chi connectivity index (χ0n) is 19.6. The van der Waals surface area contributed by atoms with Gasteiger partial charge in [-0.2, -0.15) is 0 Å². The normalized spacial score (nSPS) is 10.8. The Hall–Kier alpha value is -1.11. The van der Waals surface area contributed by atoms with Gasteiger partial charge in [-0.1, -0.05) is 97.0 Å². The van der Waals surface area contributed by atoms with Crippen molar-refractivity contribution in [2.45, 2.75) is 117 Å². The average Bonchev–Trinajstić information content (AvgIpc) is 2.75. The van der Waals surface area contributed by atoms with E-state index in [0.717, 1.165) is 42.1 Å². The Morgan fingerprint density at radius 1 is 0.677 bits per heavy atom. The molecule has 0 aromatic heterocycles. The summed E-state index contributed by atoms with van der Waals surface area (Å²) in [7, 11) is 0. The molecule has 0 saturated heterocycles. The number of halogens is 1. The van der Waals surface area contributed by atoms with Crippen molar-refractivity contribution in [2.24, 2.45) is 0 Å². The van der Waals surface area contributed by atoms with Crippen LogP contribution >= 0.6 is 22.6 Å². The van der Waals surface area contributed by atoms with E-state index in [0.29, 0.717) is 24.3 Å². The first-order chi connectivity index (χ1) is 15.1. The number of carbonyl (C=O) groups is 2. The van der Waals surface area contributed by atoms with E-state index in [2.05, 4.69) is 36.4 Å². The molecule has 1 rings (SSSR count). The van der Waals surface area contributed by atoms with Crippen LogP contribution in [0.4, 0.5) is 0 Å². The molecule has 0 fully saturated rings. The Morgan fingerprint density at radius 2 is 1.13 bits per heavy atom. The molecular weight excluding hydrogens is 503 g/mol. The second-order valence-electron chi connectivity index (χ2n) is 8.26. The zero-order valence-corrected chi connectivity index (χ0v) is 21.7. The first kappa shape index (κ1) is 27.9. The lowest BCUT2D eigenvalue weighted by atomic mass is 10.1. The van der Waals surface area contributed by atoms with Crippen LogP contribution in [0.25, 0.3) is 0 Å². The summed E-state index contributed by atoms with van der Waals surface area (Å²) in [6.45, 7) is 4.42. The van der Waals surface area contributed by atoms with E-state index in [4.69, 9.17) is 9.47 Å². The highest BCUT2D eigenvalue weighted by Gasteiger charge is 2.16. The van der Waals surface area contributed by atoms with Gasteiger partial charge in [0.2, 0.25) is 0 Å². The van der Waals surface area contributed by atoms with Gasteiger partial charge >= 0.3 is 11.9 Å². The molecule has 0 bridgehead atoms. The van der Waals surface area contributed by atoms with Crippen LogP contribution in [0.1, 0.15) is 117 Å². The maximum atomic E-state index is 12.3. The summed E-state index contributed by atoms with van der Waals surface area (Å²) in [5.41, 5.74) is 0. The minimum Gasteiger partial charge on any atom is -0.422 e. The van der Waals surface area contributed by atoms with E-state index >= 15 is 0 Å². The van der Waals surface area contributed by atoms with Crippen molar-refractivity contribution in [3.8, 4) is 11.5 Å². The van der Waals surface area contributed by atoms with Crippen LogP contribution in [0, 0.1) is 3.57 Å². The van der Waals surface area contributed by atoms with Crippen molar-refractivity contribution in [2.75, 3.05) is 0 Å². The first-order valence-electron chi connectivity index (χ1n) is 12.3. The summed E-state index contributed by atoms with van der Waals surface area (Å²) >= 11 is 2.11. The highest BCUT2D eigenvalue weighted by Crippen LogP contribution is 2.33. The number of rotatable bonds is 18. The fourth-order valence-corrected chi connectivity index (χ4v) is 4.04. The molecule has 4 nitrogen and oxygen atoms in total. The van der Waals surface area contributed by atoms with Crippen LogP contribution in [0.15, 0.2) is 18.2 Å². The lowest BCUT2D eigenvalue weighted by molar-refractivity contribution is -0.137. The molecule has 0 aliphatic heterocycles. The van der Waals surface area contributed by atoms with E-state index in [1.54, 1.807) is 6.07 Å². The third-order valence-corrected chi connectivity index (χ3v) is 6.19. The van der Waals surface area contributed by atoms with Gasteiger partial charge < -0.3 is 9.47 Å². The molecular formula is C26H41IO4. The molecule has 1 aromatic rings. The summed E-state index contributed by atoms with van der Waals surface area (Å²) in [5.74, 6) is 0.179. The van der Waals surface area contributed by atoms with E-state index in [9.17, 15) is 9.59 Å². The van der Waals surface area contributed by atoms with Gasteiger partial charge in [-0.05, 0) is 47.6 Å². The Morgan fingerprint density at radius 3 is 1.65 bits per heavy atom. The molecule has 5 heteroatoms. The number of ether oxygens (including phenoxy) is 2. The molecule has 1 aromatic carbocycles. The third-order valence-electron chi connectivity index (χ3n) is 5.34. The summed E-state index contributed by atoms with van der Waals surface area (Å²) in [6.07, 6.45) is 17.0. The summed E-state index contributed by atoms with van der Waals surface area (Å²) in [5, 5.41) is 0. The van der Waals surface area contributed by atoms with Crippen LogP contribution in [-0.4, -0.2) is 11.9 Å². The third kappa shape index (κ3) is 13.8. The van der Waals surface area contributed by atoms with Gasteiger partial charge in [0.05, 0.1) is 3.57 Å². The number of carbonyl (C=O) groups excluding carboxylic acids is 2. The number of hydrogen-bond donors (Lipinski definition) is 0. The van der Waals surface area contributed by atoms with Crippen molar-refractivity contribution < 1.29 is 19.1 Å². The fourth-order valence-electron chi connectivity index (χ4n) is 3.46. The SMILES string of the molecule is CCCCCCCCCC(=O)Oc1cccc(I)c1OC(=O)CCCCCCCCC. The molecule has 0 heterocycles. The van der Waals surface area contributed by atoms with E-state index in [-0.39, 0.29) is 11.9 Å². The predicted octanol–water partition coefficient (Wildman–Crippen LogP) is 8.38. The van der Waals surface area contributed by atoms with Gasteiger partial charge in [0.1, 0.15) is 0 Å². The van der Waals surface area contributed by atoms with E-state index in [1.807, 2.05) is 12.1 Å². The topological polar surface area (TPSA) is 52.6 Å². The standard InChI is InChI=1S/C26H41IO4/c1-3-5-7-9-11-13-15-20-24(28)30-23-19-17-18-22(27)26(23)31-25(29)21-16-14-12-10-8-6-4-2/h17-19H,3-16,20-21H2,1-2H3. The second-order valence-corrected chi connectivity index (χ2v) is 9.42. The Kier molecular flexibility index (Phi) is 16.6. The molecule has 0 atom stereocenters. The Bertz CT molecular complexity index is 630. The molecule has 31 heavy (non-hydrogen) atoms. The van der Waals surface area contributed by atoms with Crippen LogP contribution in [0.3, 0.4) is 0 Å². The number of para-hydroxylation sites is 1. The van der Waals surface area contributed by atoms with Crippen molar-refractivity contribution in [3.63, 3.8) is 0 Å². The lowest BCUT2D eigenvalue weighted by Crippen LogP contribution is -2.13. The Labute approximate surface area is 203 Å². The van der Waals surface area contributed by atoms with Crippen LogP contribution < -0.4 is 9.47 Å². The van der Waals surface area contributed by atoms with E-state index < -0.39 is 0 Å². The Balaban J connectivity index is 2.37. The maximum absolute atomic E-state index is 12.3. The molecule has 0 radical (unpaired) electrons. The highest BCUT2D eigenvalue weighted by molar-refractivity contribution is 14.1. The quantitative estimate of drug-likeness (QED) is 0.0806. The van der Waals surface area contributed by atoms with Crippen LogP contribution in [0.5, 0.6) is 11.5 Å². The van der Waals surface area contributed by atoms with Crippen molar-refractivity contribution >= 4 is 34.5 Å². The summed E-state index contributed by atoms with van der Waals surface area (Å²) in [6, 6.07) is 5.36. The monoisotopic (exact) mass is 544 g/mol. The van der Waals surface area contributed by atoms with Crippen LogP contribution in [-0.2, 0) is 9.59 Å². The molecule has 0 aliphatic rings. The van der Waals surface area contributed by atoms with Crippen LogP contribution in [0.2, 0.25) is 0 Å². The summed E-state index contributed by atoms with van der Waals surface area (Å²) in [4.78, 5) is 24.5. The maximum Gasteiger partial charge on any atom is 0.311 e. The average molecular weight is 545 g/mol. The van der Waals surface area contributed by atoms with Gasteiger partial charge in [-0.3, -0.25) is 9.59 Å². The molecule has 0 aliphatic carbocycles. The van der Waals surface area contributed by atoms with Crippen molar-refractivity contribution in [1.29, 1.82) is 0 Å². The van der Waals surface area contributed by atoms with Gasteiger partial charge in [0, 0.05) is 12.8 Å². The first-order valence-corrected chi connectivity index (χ1v) is 13.4. The molecule has 0 unspecified atom stereocenters. The smallest absolute Gasteiger partial charge is 0.311 e. The summed E-state index contributed by atoms with van der Waals surface area (Å²) < 4.78 is 11.9. The zero-order chi connectivity index (χ0) is 22.7. The largest absolute Gasteiger partial charge is 0.422 e. The molecule has 0 N–H and O–H groups in total. The fraction of sp³-hybridized carbons (Fsp3) is 0.692. The lowest BCUT2D eigenvalue weighted by Gasteiger charge is -2.12. The minimum absolute atomic E-state index is 0.262. The molecule has 0 amide bonds. The second kappa shape index (κ2) is 18.5. The van der Waals surface area contributed by atoms with Gasteiger partial charge in [-0.15, -0.1) is 0 Å². The highest BCUT2D eigenvalue weighted by atomic mass is 127. The van der Waals surface area contributed by atoms with Gasteiger partial charge in [0.15, 0.2) is 11.5 Å². The number of unbranched alkanes of at least 4 members (excludes halogenated alkanes) is 12.